The van der Waals surface area contributed by atoms with Crippen LogP contribution in [0.3, 0.4) is 0 Å². The first-order valence-corrected chi connectivity index (χ1v) is 14.8. The number of benzene rings is 1. The van der Waals surface area contributed by atoms with Crippen LogP contribution in [0.2, 0.25) is 0 Å². The van der Waals surface area contributed by atoms with E-state index in [9.17, 15) is 5.11 Å². The Hall–Kier alpha value is -3.81. The maximum Gasteiger partial charge on any atom is 0.167 e. The quantitative estimate of drug-likeness (QED) is 0.299. The molecule has 0 amide bonds. The molecule has 218 valence electrons. The zero-order valence-corrected chi connectivity index (χ0v) is 24.0. The fraction of sp³-hybridized carbons (Fsp3) is 0.424. The SMILES string of the molecule is CC(OC1CCCCO1)c1nccn1Cc1cc(-c2ccc(C#Cc3ccc(CN4CCC(O)CC4)nc3)cc2)on1. The minimum atomic E-state index is -0.188. The van der Waals surface area contributed by atoms with Crippen molar-refractivity contribution in [3.63, 3.8) is 0 Å². The van der Waals surface area contributed by atoms with E-state index in [0.717, 1.165) is 92.2 Å². The Labute approximate surface area is 246 Å². The van der Waals surface area contributed by atoms with Gasteiger partial charge in [0, 0.05) is 67.6 Å². The third-order valence-corrected chi connectivity index (χ3v) is 7.78. The number of nitrogens with zero attached hydrogens (tertiary/aromatic N) is 5. The van der Waals surface area contributed by atoms with Crippen LogP contribution in [-0.2, 0) is 22.6 Å². The Morgan fingerprint density at radius 1 is 0.976 bits per heavy atom. The first kappa shape index (κ1) is 28.3. The predicted molar refractivity (Wildman–Crippen MR) is 157 cm³/mol. The van der Waals surface area contributed by atoms with Gasteiger partial charge in [0.25, 0.3) is 0 Å². The van der Waals surface area contributed by atoms with Gasteiger partial charge >= 0.3 is 0 Å². The number of piperidine rings is 1. The molecule has 1 N–H and O–H groups in total. The maximum atomic E-state index is 9.69. The summed E-state index contributed by atoms with van der Waals surface area (Å²) in [5.41, 5.74) is 4.56. The lowest BCUT2D eigenvalue weighted by Crippen LogP contribution is -2.35. The highest BCUT2D eigenvalue weighted by molar-refractivity contribution is 5.59. The van der Waals surface area contributed by atoms with Gasteiger partial charge in [-0.3, -0.25) is 9.88 Å². The van der Waals surface area contributed by atoms with Crippen LogP contribution in [0.25, 0.3) is 11.3 Å². The number of aliphatic hydroxyl groups excluding tert-OH is 1. The van der Waals surface area contributed by atoms with Crippen LogP contribution >= 0.6 is 0 Å². The van der Waals surface area contributed by atoms with Crippen molar-refractivity contribution in [1.29, 1.82) is 0 Å². The van der Waals surface area contributed by atoms with Crippen molar-refractivity contribution in [1.82, 2.24) is 24.6 Å². The van der Waals surface area contributed by atoms with Crippen LogP contribution in [0.15, 0.2) is 65.6 Å². The summed E-state index contributed by atoms with van der Waals surface area (Å²) in [6, 6.07) is 14.0. The average Bonchev–Trinajstić information content (AvgIpc) is 3.69. The minimum absolute atomic E-state index is 0.160. The minimum Gasteiger partial charge on any atom is -0.393 e. The molecule has 0 spiro atoms. The number of rotatable bonds is 8. The zero-order chi connectivity index (χ0) is 28.7. The van der Waals surface area contributed by atoms with Gasteiger partial charge in [-0.1, -0.05) is 17.0 Å². The number of hydrogen-bond donors (Lipinski definition) is 1. The maximum absolute atomic E-state index is 9.69. The molecule has 9 heteroatoms. The fourth-order valence-corrected chi connectivity index (χ4v) is 5.38. The van der Waals surface area contributed by atoms with E-state index >= 15 is 0 Å². The second-order valence-electron chi connectivity index (χ2n) is 11.0. The summed E-state index contributed by atoms with van der Waals surface area (Å²) < 4.78 is 19.5. The third kappa shape index (κ3) is 7.33. The Balaban J connectivity index is 1.04. The zero-order valence-electron chi connectivity index (χ0n) is 24.0. The van der Waals surface area contributed by atoms with Gasteiger partial charge in [-0.2, -0.15) is 0 Å². The lowest BCUT2D eigenvalue weighted by molar-refractivity contribution is -0.188. The van der Waals surface area contributed by atoms with Gasteiger partial charge in [-0.15, -0.1) is 0 Å². The van der Waals surface area contributed by atoms with Crippen LogP contribution < -0.4 is 0 Å². The van der Waals surface area contributed by atoms with E-state index in [0.29, 0.717) is 12.3 Å². The topological polar surface area (TPSA) is 98.7 Å². The summed E-state index contributed by atoms with van der Waals surface area (Å²) in [5, 5.41) is 14.0. The summed E-state index contributed by atoms with van der Waals surface area (Å²) in [5.74, 6) is 7.96. The molecule has 0 radical (unpaired) electrons. The Bertz CT molecular complexity index is 1490. The molecule has 2 unspecified atom stereocenters. The van der Waals surface area contributed by atoms with E-state index in [1.54, 1.807) is 6.20 Å². The molecule has 42 heavy (non-hydrogen) atoms. The normalized spacial score (nSPS) is 18.9. The van der Waals surface area contributed by atoms with Gasteiger partial charge in [0.1, 0.15) is 17.6 Å². The second-order valence-corrected chi connectivity index (χ2v) is 11.0. The van der Waals surface area contributed by atoms with E-state index in [1.165, 1.54) is 0 Å². The van der Waals surface area contributed by atoms with Crippen LogP contribution in [0.5, 0.6) is 0 Å². The Kier molecular flexibility index (Phi) is 9.06. The molecule has 0 bridgehead atoms. The molecule has 0 aliphatic carbocycles. The fourth-order valence-electron chi connectivity index (χ4n) is 5.38. The molecule has 2 atom stereocenters. The van der Waals surface area contributed by atoms with Crippen LogP contribution in [0, 0.1) is 11.8 Å². The second kappa shape index (κ2) is 13.4. The molecule has 1 aromatic carbocycles. The smallest absolute Gasteiger partial charge is 0.167 e. The van der Waals surface area contributed by atoms with Gasteiger partial charge in [0.05, 0.1) is 18.3 Å². The number of aromatic nitrogens is 4. The van der Waals surface area contributed by atoms with Crippen molar-refractivity contribution in [3.8, 4) is 23.2 Å². The van der Waals surface area contributed by atoms with E-state index in [1.807, 2.05) is 66.3 Å². The highest BCUT2D eigenvalue weighted by atomic mass is 16.7. The van der Waals surface area contributed by atoms with Crippen LogP contribution in [0.1, 0.15) is 73.5 Å². The highest BCUT2D eigenvalue weighted by Crippen LogP contribution is 2.25. The molecule has 9 nitrogen and oxygen atoms in total. The Morgan fingerprint density at radius 2 is 1.79 bits per heavy atom. The van der Waals surface area contributed by atoms with E-state index in [-0.39, 0.29) is 18.5 Å². The number of hydrogen-bond acceptors (Lipinski definition) is 8. The summed E-state index contributed by atoms with van der Waals surface area (Å²) >= 11 is 0. The largest absolute Gasteiger partial charge is 0.393 e. The summed E-state index contributed by atoms with van der Waals surface area (Å²) in [6.07, 6.45) is 9.82. The number of imidazole rings is 1. The van der Waals surface area contributed by atoms with E-state index in [2.05, 4.69) is 31.9 Å². The van der Waals surface area contributed by atoms with Gasteiger partial charge in [-0.25, -0.2) is 4.98 Å². The molecule has 5 heterocycles. The van der Waals surface area contributed by atoms with Crippen molar-refractivity contribution in [2.75, 3.05) is 19.7 Å². The van der Waals surface area contributed by atoms with Crippen molar-refractivity contribution in [2.24, 2.45) is 0 Å². The number of pyridine rings is 1. The van der Waals surface area contributed by atoms with Crippen LogP contribution in [0.4, 0.5) is 0 Å². The standard InChI is InChI=1S/C33H37N5O4/c1-24(41-32-4-2-3-19-40-32)33-34-15-18-38(33)23-29-20-31(42-36-29)27-10-7-25(8-11-27)5-6-26-9-12-28(35-21-26)22-37-16-13-30(39)14-17-37/h7-12,15,18,20-21,24,30,32,39H,2-4,13-14,16-17,19,22-23H2,1H3. The van der Waals surface area contributed by atoms with Crippen molar-refractivity contribution >= 4 is 0 Å². The summed E-state index contributed by atoms with van der Waals surface area (Å²) in [6.45, 7) is 5.91. The summed E-state index contributed by atoms with van der Waals surface area (Å²) in [4.78, 5) is 11.4. The lowest BCUT2D eigenvalue weighted by atomic mass is 10.1. The molecule has 6 rings (SSSR count). The molecular weight excluding hydrogens is 530 g/mol. The number of aliphatic hydroxyl groups is 1. The van der Waals surface area contributed by atoms with Gasteiger partial charge in [0.2, 0.25) is 0 Å². The first-order valence-electron chi connectivity index (χ1n) is 14.8. The monoisotopic (exact) mass is 567 g/mol. The van der Waals surface area contributed by atoms with Gasteiger partial charge < -0.3 is 23.7 Å². The molecule has 0 saturated carbocycles. The van der Waals surface area contributed by atoms with Crippen molar-refractivity contribution in [2.45, 2.75) is 70.6 Å². The molecule has 2 fully saturated rings. The highest BCUT2D eigenvalue weighted by Gasteiger charge is 2.22. The predicted octanol–water partition coefficient (Wildman–Crippen LogP) is 4.94. The molecular formula is C33H37N5O4. The van der Waals surface area contributed by atoms with Crippen molar-refractivity contribution < 1.29 is 19.1 Å². The third-order valence-electron chi connectivity index (χ3n) is 7.78. The average molecular weight is 568 g/mol. The first-order chi connectivity index (χ1) is 20.6. The van der Waals surface area contributed by atoms with Crippen molar-refractivity contribution in [3.05, 3.63) is 89.4 Å². The van der Waals surface area contributed by atoms with Gasteiger partial charge in [0.15, 0.2) is 12.1 Å². The molecule has 2 aliphatic rings. The van der Waals surface area contributed by atoms with E-state index in [4.69, 9.17) is 14.0 Å². The van der Waals surface area contributed by atoms with Gasteiger partial charge in [-0.05, 0) is 75.4 Å². The molecule has 3 aromatic heterocycles. The van der Waals surface area contributed by atoms with Crippen LogP contribution in [-0.4, -0.2) is 61.8 Å². The number of ether oxygens (including phenoxy) is 2. The summed E-state index contributed by atoms with van der Waals surface area (Å²) in [7, 11) is 0. The molecule has 2 aliphatic heterocycles. The Morgan fingerprint density at radius 3 is 2.55 bits per heavy atom. The lowest BCUT2D eigenvalue weighted by Gasteiger charge is -2.29. The van der Waals surface area contributed by atoms with E-state index < -0.39 is 0 Å². The molecule has 2 saturated heterocycles. The molecule has 4 aromatic rings. The number of likely N-dealkylation sites (tertiary alicyclic amines) is 1.